The lowest BCUT2D eigenvalue weighted by atomic mass is 9.84. The maximum atomic E-state index is 13.9. The Kier molecular flexibility index (Phi) is 5.84. The van der Waals surface area contributed by atoms with Gasteiger partial charge in [-0.15, -0.1) is 0 Å². The van der Waals surface area contributed by atoms with E-state index in [4.69, 9.17) is 16.3 Å². The van der Waals surface area contributed by atoms with E-state index in [-0.39, 0.29) is 11.4 Å². The number of nitro groups is 1. The van der Waals surface area contributed by atoms with Gasteiger partial charge in [-0.25, -0.2) is 4.90 Å². The number of halogens is 1. The molecule has 3 aliphatic rings. The lowest BCUT2D eigenvalue weighted by Gasteiger charge is -2.35. The Morgan fingerprint density at radius 2 is 1.74 bits per heavy atom. The first kappa shape index (κ1) is 24.6. The van der Waals surface area contributed by atoms with Crippen LogP contribution in [0.15, 0.2) is 72.9 Å². The van der Waals surface area contributed by atoms with Crippen LogP contribution in [-0.2, 0) is 14.4 Å². The number of hydrogen-bond donors (Lipinski definition) is 1. The molecule has 3 aromatic carbocycles. The lowest BCUT2D eigenvalue weighted by Crippen LogP contribution is -2.46. The molecular formula is C28H21ClN4O6. The van der Waals surface area contributed by atoms with Crippen LogP contribution in [0.25, 0.3) is 6.08 Å². The molecule has 2 saturated heterocycles. The van der Waals surface area contributed by atoms with Gasteiger partial charge in [-0.2, -0.15) is 0 Å². The van der Waals surface area contributed by atoms with Crippen LogP contribution >= 0.6 is 11.6 Å². The summed E-state index contributed by atoms with van der Waals surface area (Å²) >= 11 is 6.16. The monoisotopic (exact) mass is 544 g/mol. The number of anilines is 2. The van der Waals surface area contributed by atoms with Crippen LogP contribution in [0, 0.1) is 22.0 Å². The minimum Gasteiger partial charge on any atom is -0.495 e. The van der Waals surface area contributed by atoms with E-state index in [0.717, 1.165) is 16.0 Å². The van der Waals surface area contributed by atoms with E-state index in [9.17, 15) is 24.5 Å². The second-order valence-corrected chi connectivity index (χ2v) is 9.89. The number of benzene rings is 3. The largest absolute Gasteiger partial charge is 0.495 e. The standard InChI is InChI=1S/C28H21ClN4O6/c1-39-21-11-6-16(29)14-20(21)30-26(34)25-23-22(24-19-5-3-2-4-15(19)12-13-31(24)25)27(35)32(28(23)36)17-7-9-18(10-8-17)33(37)38/h2-14,22-25H,1H3,(H,30,34)/t22-,23-,24+,25-/m0/s1. The summed E-state index contributed by atoms with van der Waals surface area (Å²) in [4.78, 5) is 55.1. The van der Waals surface area contributed by atoms with Crippen LogP contribution in [0.2, 0.25) is 5.02 Å². The number of fused-ring (bicyclic) bond motifs is 5. The molecule has 3 aromatic rings. The number of imide groups is 1. The molecule has 1 N–H and O–H groups in total. The Hall–Kier alpha value is -4.70. The molecule has 0 aromatic heterocycles. The average Bonchev–Trinajstić information content (AvgIpc) is 3.41. The van der Waals surface area contributed by atoms with E-state index in [1.165, 1.54) is 31.4 Å². The SMILES string of the molecule is COc1ccc(Cl)cc1NC(=O)[C@@H]1[C@H]2C(=O)N(c3ccc([N+](=O)[O-])cc3)C(=O)[C@@H]2[C@H]2c3ccccc3C=CN12. The summed E-state index contributed by atoms with van der Waals surface area (Å²) in [6.07, 6.45) is 3.61. The third-order valence-electron chi connectivity index (χ3n) is 7.47. The van der Waals surface area contributed by atoms with Gasteiger partial charge in [0.1, 0.15) is 11.8 Å². The summed E-state index contributed by atoms with van der Waals surface area (Å²) in [7, 11) is 1.46. The Morgan fingerprint density at radius 1 is 1.03 bits per heavy atom. The predicted octanol–water partition coefficient (Wildman–Crippen LogP) is 4.41. The van der Waals surface area contributed by atoms with Gasteiger partial charge in [-0.05, 0) is 47.5 Å². The number of nitrogens with one attached hydrogen (secondary N) is 1. The van der Waals surface area contributed by atoms with E-state index in [0.29, 0.717) is 16.5 Å². The Labute approximate surface area is 227 Å². The van der Waals surface area contributed by atoms with Crippen molar-refractivity contribution in [2.45, 2.75) is 12.1 Å². The molecule has 11 heteroatoms. The van der Waals surface area contributed by atoms with Crippen LogP contribution in [0.3, 0.4) is 0 Å². The van der Waals surface area contributed by atoms with Crippen LogP contribution in [0.4, 0.5) is 17.1 Å². The van der Waals surface area contributed by atoms with Gasteiger partial charge in [0.25, 0.3) is 5.69 Å². The number of amides is 3. The van der Waals surface area contributed by atoms with E-state index < -0.39 is 46.6 Å². The molecule has 0 unspecified atom stereocenters. The molecule has 3 heterocycles. The molecule has 2 fully saturated rings. The molecular weight excluding hydrogens is 524 g/mol. The van der Waals surface area contributed by atoms with Gasteiger partial charge in [0, 0.05) is 23.4 Å². The van der Waals surface area contributed by atoms with Gasteiger partial charge >= 0.3 is 0 Å². The third kappa shape index (κ3) is 3.83. The summed E-state index contributed by atoms with van der Waals surface area (Å²) in [5, 5.41) is 14.3. The molecule has 0 saturated carbocycles. The number of nitro benzene ring substituents is 1. The van der Waals surface area contributed by atoms with E-state index >= 15 is 0 Å². The minimum absolute atomic E-state index is 0.164. The first-order valence-corrected chi connectivity index (χ1v) is 12.5. The van der Waals surface area contributed by atoms with Crippen LogP contribution in [-0.4, -0.2) is 40.7 Å². The molecule has 4 atom stereocenters. The highest BCUT2D eigenvalue weighted by Gasteiger charge is 2.64. The van der Waals surface area contributed by atoms with Crippen molar-refractivity contribution < 1.29 is 24.0 Å². The van der Waals surface area contributed by atoms with Crippen molar-refractivity contribution in [1.82, 2.24) is 4.90 Å². The van der Waals surface area contributed by atoms with Crippen LogP contribution in [0.1, 0.15) is 17.2 Å². The average molecular weight is 545 g/mol. The summed E-state index contributed by atoms with van der Waals surface area (Å²) in [5.41, 5.74) is 2.11. The van der Waals surface area contributed by atoms with Crippen LogP contribution in [0.5, 0.6) is 5.75 Å². The number of non-ortho nitro benzene ring substituents is 1. The van der Waals surface area contributed by atoms with Gasteiger partial charge in [-0.3, -0.25) is 24.5 Å². The minimum atomic E-state index is -1.02. The van der Waals surface area contributed by atoms with Crippen molar-refractivity contribution in [3.8, 4) is 5.75 Å². The molecule has 3 amide bonds. The summed E-state index contributed by atoms with van der Waals surface area (Å²) in [6, 6.07) is 16.0. The van der Waals surface area contributed by atoms with Crippen molar-refractivity contribution in [3.05, 3.63) is 99.2 Å². The highest BCUT2D eigenvalue weighted by molar-refractivity contribution is 6.31. The Balaban J connectivity index is 1.43. The van der Waals surface area contributed by atoms with Gasteiger partial charge < -0.3 is 15.0 Å². The number of nitrogens with zero attached hydrogens (tertiary/aromatic N) is 3. The van der Waals surface area contributed by atoms with Crippen molar-refractivity contribution in [3.63, 3.8) is 0 Å². The van der Waals surface area contributed by atoms with Gasteiger partial charge in [0.05, 0.1) is 41.3 Å². The fourth-order valence-corrected chi connectivity index (χ4v) is 5.99. The van der Waals surface area contributed by atoms with Crippen molar-refractivity contribution >= 4 is 52.5 Å². The van der Waals surface area contributed by atoms with E-state index in [2.05, 4.69) is 5.32 Å². The van der Waals surface area contributed by atoms with Gasteiger partial charge in [0.2, 0.25) is 17.7 Å². The second kappa shape index (κ2) is 9.25. The number of hydrogen-bond acceptors (Lipinski definition) is 7. The fourth-order valence-electron chi connectivity index (χ4n) is 5.82. The highest BCUT2D eigenvalue weighted by atomic mass is 35.5. The molecule has 6 rings (SSSR count). The van der Waals surface area contributed by atoms with E-state index in [1.807, 2.05) is 30.3 Å². The number of methoxy groups -OCH3 is 1. The maximum Gasteiger partial charge on any atom is 0.269 e. The molecule has 0 spiro atoms. The lowest BCUT2D eigenvalue weighted by molar-refractivity contribution is -0.384. The molecule has 10 nitrogen and oxygen atoms in total. The summed E-state index contributed by atoms with van der Waals surface area (Å²) in [6.45, 7) is 0. The normalized spacial score (nSPS) is 22.8. The Morgan fingerprint density at radius 3 is 2.46 bits per heavy atom. The number of carbonyl (C=O) groups is 3. The third-order valence-corrected chi connectivity index (χ3v) is 7.70. The zero-order valence-electron chi connectivity index (χ0n) is 20.5. The fraction of sp³-hybridized carbons (Fsp3) is 0.179. The zero-order valence-corrected chi connectivity index (χ0v) is 21.2. The first-order valence-electron chi connectivity index (χ1n) is 12.1. The second-order valence-electron chi connectivity index (χ2n) is 9.45. The molecule has 3 aliphatic heterocycles. The number of carbonyl (C=O) groups excluding carboxylic acids is 3. The Bertz CT molecular complexity index is 1570. The maximum absolute atomic E-state index is 13.9. The highest BCUT2D eigenvalue weighted by Crippen LogP contribution is 2.53. The predicted molar refractivity (Wildman–Crippen MR) is 143 cm³/mol. The van der Waals surface area contributed by atoms with Crippen LogP contribution < -0.4 is 15.0 Å². The van der Waals surface area contributed by atoms with Crippen molar-refractivity contribution in [1.29, 1.82) is 0 Å². The quantitative estimate of drug-likeness (QED) is 0.287. The zero-order chi connectivity index (χ0) is 27.4. The van der Waals surface area contributed by atoms with Crippen molar-refractivity contribution in [2.24, 2.45) is 11.8 Å². The summed E-state index contributed by atoms with van der Waals surface area (Å²) in [5.74, 6) is -2.97. The molecule has 39 heavy (non-hydrogen) atoms. The van der Waals surface area contributed by atoms with E-state index in [1.54, 1.807) is 29.3 Å². The molecule has 0 bridgehead atoms. The van der Waals surface area contributed by atoms with Gasteiger partial charge in [-0.1, -0.05) is 35.9 Å². The molecule has 196 valence electrons. The first-order chi connectivity index (χ1) is 18.8. The number of rotatable bonds is 5. The van der Waals surface area contributed by atoms with Crippen molar-refractivity contribution in [2.75, 3.05) is 17.3 Å². The summed E-state index contributed by atoms with van der Waals surface area (Å²) < 4.78 is 5.36. The topological polar surface area (TPSA) is 122 Å². The van der Waals surface area contributed by atoms with Gasteiger partial charge in [0.15, 0.2) is 0 Å². The smallest absolute Gasteiger partial charge is 0.269 e. The molecule has 0 aliphatic carbocycles. The molecule has 0 radical (unpaired) electrons. The number of ether oxygens (including phenoxy) is 1.